The fourth-order valence-corrected chi connectivity index (χ4v) is 10.0. The van der Waals surface area contributed by atoms with Crippen molar-refractivity contribution in [2.45, 2.75) is 380 Å². The van der Waals surface area contributed by atoms with E-state index in [0.717, 1.165) is 57.8 Å². The van der Waals surface area contributed by atoms with Crippen molar-refractivity contribution in [3.8, 4) is 0 Å². The van der Waals surface area contributed by atoms with Crippen LogP contribution in [0.1, 0.15) is 374 Å². The summed E-state index contributed by atoms with van der Waals surface area (Å²) in [6, 6.07) is 0. The summed E-state index contributed by atoms with van der Waals surface area (Å²) < 4.78 is 16.9. The van der Waals surface area contributed by atoms with Crippen molar-refractivity contribution < 1.29 is 28.6 Å². The summed E-state index contributed by atoms with van der Waals surface area (Å²) in [7, 11) is 0. The number of carbonyl (C=O) groups excluding carboxylic acids is 3. The Balaban J connectivity index is 4.09. The van der Waals surface area contributed by atoms with E-state index in [1.54, 1.807) is 0 Å². The van der Waals surface area contributed by atoms with Gasteiger partial charge in [0.25, 0.3) is 0 Å². The van der Waals surface area contributed by atoms with Gasteiger partial charge in [-0.2, -0.15) is 0 Å². The van der Waals surface area contributed by atoms with Gasteiger partial charge in [0.05, 0.1) is 0 Å². The van der Waals surface area contributed by atoms with Crippen LogP contribution in [-0.2, 0) is 28.6 Å². The van der Waals surface area contributed by atoms with Crippen molar-refractivity contribution in [1.29, 1.82) is 0 Å². The van der Waals surface area contributed by atoms with Gasteiger partial charge in [0.15, 0.2) is 6.10 Å². The third kappa shape index (κ3) is 57.3. The number of rotatable bonds is 60. The van der Waals surface area contributed by atoms with Crippen LogP contribution in [0.5, 0.6) is 0 Å². The molecule has 6 heteroatoms. The molecule has 0 heterocycles. The zero-order valence-electron chi connectivity index (χ0n) is 47.8. The summed E-state index contributed by atoms with van der Waals surface area (Å²) in [6.45, 7) is 6.69. The first kappa shape index (κ1) is 68.4. The van der Waals surface area contributed by atoms with Crippen LogP contribution >= 0.6 is 0 Å². The molecular weight excluding hydrogens is 865 g/mol. The Hall–Kier alpha value is -1.59. The molecule has 0 saturated heterocycles. The summed E-state index contributed by atoms with van der Waals surface area (Å²) in [5, 5.41) is 0. The molecule has 0 bridgehead atoms. The monoisotopic (exact) mass is 989 g/mol. The van der Waals surface area contributed by atoms with Gasteiger partial charge in [-0.1, -0.05) is 335 Å². The highest BCUT2D eigenvalue weighted by Crippen LogP contribution is 2.19. The van der Waals surface area contributed by atoms with Crippen molar-refractivity contribution in [3.63, 3.8) is 0 Å². The van der Waals surface area contributed by atoms with Gasteiger partial charge in [-0.3, -0.25) is 14.4 Å². The molecule has 1 unspecified atom stereocenters. The molecule has 1 atom stereocenters. The highest BCUT2D eigenvalue weighted by molar-refractivity contribution is 5.71. The largest absolute Gasteiger partial charge is 0.462 e. The van der Waals surface area contributed by atoms with E-state index in [9.17, 15) is 14.4 Å². The summed E-state index contributed by atoms with van der Waals surface area (Å²) in [6.07, 6.45) is 68.5. The van der Waals surface area contributed by atoms with Crippen molar-refractivity contribution in [2.75, 3.05) is 13.2 Å². The molecule has 0 spiro atoms. The van der Waals surface area contributed by atoms with Gasteiger partial charge in [-0.05, 0) is 19.3 Å². The van der Waals surface area contributed by atoms with Crippen molar-refractivity contribution in [3.05, 3.63) is 0 Å². The smallest absolute Gasteiger partial charge is 0.306 e. The highest BCUT2D eigenvalue weighted by atomic mass is 16.6. The van der Waals surface area contributed by atoms with E-state index in [1.165, 1.54) is 276 Å². The summed E-state index contributed by atoms with van der Waals surface area (Å²) in [5.41, 5.74) is 0. The molecule has 0 aliphatic heterocycles. The molecule has 0 saturated carbocycles. The van der Waals surface area contributed by atoms with Crippen molar-refractivity contribution in [1.82, 2.24) is 0 Å². The zero-order valence-corrected chi connectivity index (χ0v) is 47.8. The van der Waals surface area contributed by atoms with Crippen LogP contribution in [0.4, 0.5) is 0 Å². The van der Waals surface area contributed by atoms with E-state index < -0.39 is 6.10 Å². The Morgan fingerprint density at radius 2 is 0.386 bits per heavy atom. The predicted molar refractivity (Wildman–Crippen MR) is 303 cm³/mol. The lowest BCUT2D eigenvalue weighted by atomic mass is 10.0. The standard InChI is InChI=1S/C64H124O6/c1-4-7-10-13-16-19-21-23-25-27-29-31-32-33-34-36-37-39-41-43-45-48-51-54-57-63(66)69-60-61(59-68-62(65)56-53-50-47-18-15-12-9-6-3)70-64(67)58-55-52-49-46-44-42-40-38-35-30-28-26-24-22-20-17-14-11-8-5-2/h61H,4-60H2,1-3H3. The van der Waals surface area contributed by atoms with Crippen LogP contribution in [0.15, 0.2) is 0 Å². The second kappa shape index (κ2) is 60.0. The number of ether oxygens (including phenoxy) is 3. The van der Waals surface area contributed by atoms with E-state index >= 15 is 0 Å². The van der Waals surface area contributed by atoms with Gasteiger partial charge < -0.3 is 14.2 Å². The van der Waals surface area contributed by atoms with Crippen LogP contribution in [0.25, 0.3) is 0 Å². The molecule has 0 N–H and O–H groups in total. The SMILES string of the molecule is CCCCCCCCCCCCCCCCCCCCCCCCCCC(=O)OCC(COC(=O)CCCCCCCCCC)OC(=O)CCCCCCCCCCCCCCCCCCCCCC. The van der Waals surface area contributed by atoms with E-state index in [0.29, 0.717) is 19.3 Å². The van der Waals surface area contributed by atoms with Crippen molar-refractivity contribution >= 4 is 17.9 Å². The zero-order chi connectivity index (χ0) is 50.7. The topological polar surface area (TPSA) is 78.9 Å². The van der Waals surface area contributed by atoms with E-state index in [4.69, 9.17) is 14.2 Å². The Morgan fingerprint density at radius 3 is 0.571 bits per heavy atom. The molecule has 0 aromatic heterocycles. The second-order valence-corrected chi connectivity index (χ2v) is 22.1. The Bertz CT molecular complexity index is 1040. The minimum absolute atomic E-state index is 0.0612. The molecule has 0 aromatic carbocycles. The fraction of sp³-hybridized carbons (Fsp3) is 0.953. The predicted octanol–water partition coefficient (Wildman–Crippen LogP) is 21.5. The van der Waals surface area contributed by atoms with Gasteiger partial charge >= 0.3 is 17.9 Å². The maximum atomic E-state index is 12.9. The van der Waals surface area contributed by atoms with E-state index in [-0.39, 0.29) is 31.1 Å². The lowest BCUT2D eigenvalue weighted by Gasteiger charge is -2.18. The number of hydrogen-bond donors (Lipinski definition) is 0. The van der Waals surface area contributed by atoms with Crippen molar-refractivity contribution in [2.24, 2.45) is 0 Å². The third-order valence-corrected chi connectivity index (χ3v) is 14.9. The average Bonchev–Trinajstić information content (AvgIpc) is 3.36. The lowest BCUT2D eigenvalue weighted by molar-refractivity contribution is -0.167. The van der Waals surface area contributed by atoms with Gasteiger partial charge in [-0.15, -0.1) is 0 Å². The second-order valence-electron chi connectivity index (χ2n) is 22.1. The molecule has 0 aromatic rings. The third-order valence-electron chi connectivity index (χ3n) is 14.9. The molecule has 0 rings (SSSR count). The van der Waals surface area contributed by atoms with Crippen LogP contribution in [0, 0.1) is 0 Å². The minimum atomic E-state index is -0.761. The number of hydrogen-bond acceptors (Lipinski definition) is 6. The first-order valence-electron chi connectivity index (χ1n) is 32.0. The number of carbonyl (C=O) groups is 3. The Labute approximate surface area is 438 Å². The quantitative estimate of drug-likeness (QED) is 0.0343. The van der Waals surface area contributed by atoms with Gasteiger partial charge in [0.1, 0.15) is 13.2 Å². The lowest BCUT2D eigenvalue weighted by Crippen LogP contribution is -2.30. The molecule has 0 aliphatic rings. The first-order valence-corrected chi connectivity index (χ1v) is 32.0. The average molecular weight is 990 g/mol. The molecule has 0 radical (unpaired) electrons. The fourth-order valence-electron chi connectivity index (χ4n) is 10.0. The maximum Gasteiger partial charge on any atom is 0.306 e. The Morgan fingerprint density at radius 1 is 0.229 bits per heavy atom. The molecule has 70 heavy (non-hydrogen) atoms. The molecule has 0 fully saturated rings. The minimum Gasteiger partial charge on any atom is -0.462 e. The normalized spacial score (nSPS) is 11.9. The molecule has 0 amide bonds. The number of esters is 3. The van der Waals surface area contributed by atoms with Crippen LogP contribution < -0.4 is 0 Å². The van der Waals surface area contributed by atoms with Gasteiger partial charge in [-0.25, -0.2) is 0 Å². The van der Waals surface area contributed by atoms with Crippen LogP contribution in [0.2, 0.25) is 0 Å². The molecule has 6 nitrogen and oxygen atoms in total. The summed E-state index contributed by atoms with van der Waals surface area (Å²) in [4.78, 5) is 38.1. The summed E-state index contributed by atoms with van der Waals surface area (Å²) >= 11 is 0. The van der Waals surface area contributed by atoms with Gasteiger partial charge in [0, 0.05) is 19.3 Å². The Kier molecular flexibility index (Phi) is 58.6. The van der Waals surface area contributed by atoms with Gasteiger partial charge in [0.2, 0.25) is 0 Å². The number of unbranched alkanes of at least 4 members (excludes halogenated alkanes) is 49. The highest BCUT2D eigenvalue weighted by Gasteiger charge is 2.19. The molecule has 416 valence electrons. The molecular formula is C64H124O6. The summed E-state index contributed by atoms with van der Waals surface area (Å²) in [5.74, 6) is -0.834. The first-order chi connectivity index (χ1) is 34.5. The van der Waals surface area contributed by atoms with Crippen LogP contribution in [0.3, 0.4) is 0 Å². The van der Waals surface area contributed by atoms with E-state index in [2.05, 4.69) is 20.8 Å². The van der Waals surface area contributed by atoms with Crippen LogP contribution in [-0.4, -0.2) is 37.2 Å². The van der Waals surface area contributed by atoms with E-state index in [1.807, 2.05) is 0 Å². The maximum absolute atomic E-state index is 12.9. The molecule has 0 aliphatic carbocycles.